The average Bonchev–Trinajstić information content (AvgIpc) is 3.32. The third-order valence-corrected chi connectivity index (χ3v) is 4.58. The molecule has 0 fully saturated rings. The number of amides is 1. The second-order valence-electron chi connectivity index (χ2n) is 5.79. The quantitative estimate of drug-likeness (QED) is 0.551. The Balaban J connectivity index is 1.61. The Labute approximate surface area is 156 Å². The van der Waals surface area contributed by atoms with Gasteiger partial charge in [-0.05, 0) is 31.2 Å². The van der Waals surface area contributed by atoms with Gasteiger partial charge < -0.3 is 14.1 Å². The van der Waals surface area contributed by atoms with Crippen LogP contribution in [0.5, 0.6) is 5.75 Å². The van der Waals surface area contributed by atoms with Crippen LogP contribution in [-0.4, -0.2) is 22.3 Å². The molecular weight excluding hydrogens is 348 g/mol. The number of hydrogen-bond donors (Lipinski definition) is 0. The Kier molecular flexibility index (Phi) is 5.86. The summed E-state index contributed by atoms with van der Waals surface area (Å²) in [6.45, 7) is 6.98. The van der Waals surface area contributed by atoms with Crippen molar-refractivity contribution in [3.63, 3.8) is 0 Å². The van der Waals surface area contributed by atoms with E-state index in [1.807, 2.05) is 36.6 Å². The van der Waals surface area contributed by atoms with E-state index in [9.17, 15) is 4.79 Å². The first-order valence-electron chi connectivity index (χ1n) is 8.22. The summed E-state index contributed by atoms with van der Waals surface area (Å²) in [6, 6.07) is 11.3. The number of hydrogen-bond acceptors (Lipinski definition) is 5. The number of benzene rings is 1. The summed E-state index contributed by atoms with van der Waals surface area (Å²) in [5, 5.41) is 2.81. The largest absolute Gasteiger partial charge is 0.486 e. The lowest BCUT2D eigenvalue weighted by molar-refractivity contribution is 0.0729. The highest BCUT2D eigenvalue weighted by molar-refractivity contribution is 7.09. The van der Waals surface area contributed by atoms with E-state index >= 15 is 0 Å². The van der Waals surface area contributed by atoms with Crippen molar-refractivity contribution in [2.24, 2.45) is 0 Å². The number of aryl methyl sites for hydroxylation is 1. The number of thiazole rings is 1. The lowest BCUT2D eigenvalue weighted by Gasteiger charge is -2.18. The van der Waals surface area contributed by atoms with Crippen molar-refractivity contribution >= 4 is 17.2 Å². The van der Waals surface area contributed by atoms with E-state index in [0.717, 1.165) is 16.5 Å². The van der Waals surface area contributed by atoms with Crippen molar-refractivity contribution < 1.29 is 13.9 Å². The van der Waals surface area contributed by atoms with Gasteiger partial charge in [0.2, 0.25) is 0 Å². The fraction of sp³-hybridized carbons (Fsp3) is 0.200. The van der Waals surface area contributed by atoms with Crippen LogP contribution >= 0.6 is 11.3 Å². The molecule has 3 aromatic rings. The molecule has 5 nitrogen and oxygen atoms in total. The van der Waals surface area contributed by atoms with Crippen molar-refractivity contribution in [1.29, 1.82) is 0 Å². The lowest BCUT2D eigenvalue weighted by atomic mass is 10.2. The lowest BCUT2D eigenvalue weighted by Crippen LogP contribution is -2.30. The predicted molar refractivity (Wildman–Crippen MR) is 101 cm³/mol. The Bertz CT molecular complexity index is 854. The van der Waals surface area contributed by atoms with Gasteiger partial charge in [-0.15, -0.1) is 17.9 Å². The molecule has 0 unspecified atom stereocenters. The van der Waals surface area contributed by atoms with Crippen LogP contribution in [0.1, 0.15) is 26.8 Å². The fourth-order valence-corrected chi connectivity index (χ4v) is 3.09. The van der Waals surface area contributed by atoms with Crippen LogP contribution in [0.15, 0.2) is 65.1 Å². The van der Waals surface area contributed by atoms with Crippen molar-refractivity contribution in [2.75, 3.05) is 6.54 Å². The van der Waals surface area contributed by atoms with Crippen LogP contribution in [0.2, 0.25) is 0 Å². The first-order chi connectivity index (χ1) is 12.7. The first-order valence-corrected chi connectivity index (χ1v) is 9.10. The molecule has 1 amide bonds. The van der Waals surface area contributed by atoms with E-state index in [-0.39, 0.29) is 5.91 Å². The molecule has 26 heavy (non-hydrogen) atoms. The number of aromatic nitrogens is 1. The average molecular weight is 368 g/mol. The van der Waals surface area contributed by atoms with Gasteiger partial charge in [-0.25, -0.2) is 4.98 Å². The molecular formula is C20H20N2O3S. The van der Waals surface area contributed by atoms with Crippen molar-refractivity contribution in [3.8, 4) is 5.75 Å². The number of rotatable bonds is 8. The second-order valence-corrected chi connectivity index (χ2v) is 6.73. The number of furan rings is 1. The maximum atomic E-state index is 12.5. The summed E-state index contributed by atoms with van der Waals surface area (Å²) in [6.07, 6.45) is 3.18. The van der Waals surface area contributed by atoms with Crippen LogP contribution < -0.4 is 4.74 Å². The van der Waals surface area contributed by atoms with Crippen LogP contribution in [0, 0.1) is 6.92 Å². The van der Waals surface area contributed by atoms with E-state index in [1.165, 1.54) is 23.2 Å². The van der Waals surface area contributed by atoms with Gasteiger partial charge >= 0.3 is 0 Å². The van der Waals surface area contributed by atoms with Gasteiger partial charge in [0.1, 0.15) is 17.4 Å². The molecule has 0 saturated heterocycles. The third-order valence-electron chi connectivity index (χ3n) is 3.70. The van der Waals surface area contributed by atoms with E-state index in [2.05, 4.69) is 11.6 Å². The van der Waals surface area contributed by atoms with Gasteiger partial charge in [0.25, 0.3) is 5.91 Å². The van der Waals surface area contributed by atoms with E-state index in [1.54, 1.807) is 23.1 Å². The zero-order valence-corrected chi connectivity index (χ0v) is 15.4. The first kappa shape index (κ1) is 17.9. The second kappa shape index (κ2) is 8.49. The molecule has 0 saturated carbocycles. The van der Waals surface area contributed by atoms with Crippen LogP contribution in [0.4, 0.5) is 0 Å². The number of carbonyl (C=O) groups is 1. The standard InChI is InChI=1S/C20H20N2O3S/c1-3-10-22(20(23)18-5-4-11-24-18)12-16-14-26-19(21-16)13-25-17-8-6-15(2)7-9-17/h3-9,11,14H,1,10,12-13H2,2H3. The maximum Gasteiger partial charge on any atom is 0.290 e. The van der Waals surface area contributed by atoms with Gasteiger partial charge in [0.05, 0.1) is 18.5 Å². The smallest absolute Gasteiger partial charge is 0.290 e. The Morgan fingerprint density at radius 3 is 2.85 bits per heavy atom. The molecule has 0 radical (unpaired) electrons. The minimum absolute atomic E-state index is 0.180. The van der Waals surface area contributed by atoms with Gasteiger partial charge in [-0.3, -0.25) is 4.79 Å². The van der Waals surface area contributed by atoms with E-state index in [4.69, 9.17) is 9.15 Å². The molecule has 2 heterocycles. The van der Waals surface area contributed by atoms with Crippen LogP contribution in [0.25, 0.3) is 0 Å². The van der Waals surface area contributed by atoms with E-state index < -0.39 is 0 Å². The van der Waals surface area contributed by atoms with Gasteiger partial charge in [0.15, 0.2) is 5.76 Å². The minimum atomic E-state index is -0.180. The molecule has 1 aromatic carbocycles. The van der Waals surface area contributed by atoms with Crippen molar-refractivity contribution in [2.45, 2.75) is 20.1 Å². The predicted octanol–water partition coefficient (Wildman–Crippen LogP) is 4.45. The number of ether oxygens (including phenoxy) is 1. The molecule has 0 bridgehead atoms. The van der Waals surface area contributed by atoms with Crippen molar-refractivity contribution in [1.82, 2.24) is 9.88 Å². The molecule has 0 atom stereocenters. The normalized spacial score (nSPS) is 10.5. The van der Waals surface area contributed by atoms with E-state index in [0.29, 0.717) is 25.5 Å². The zero-order valence-electron chi connectivity index (χ0n) is 14.6. The molecule has 0 aliphatic carbocycles. The maximum absolute atomic E-state index is 12.5. The molecule has 6 heteroatoms. The molecule has 0 N–H and O–H groups in total. The molecule has 0 aliphatic rings. The highest BCUT2D eigenvalue weighted by atomic mass is 32.1. The highest BCUT2D eigenvalue weighted by Crippen LogP contribution is 2.18. The molecule has 0 spiro atoms. The van der Waals surface area contributed by atoms with Crippen LogP contribution in [0.3, 0.4) is 0 Å². The zero-order chi connectivity index (χ0) is 18.4. The molecule has 2 aromatic heterocycles. The number of nitrogens with zero attached hydrogens (tertiary/aromatic N) is 2. The molecule has 0 aliphatic heterocycles. The monoisotopic (exact) mass is 368 g/mol. The topological polar surface area (TPSA) is 55.6 Å². The Morgan fingerprint density at radius 2 is 2.15 bits per heavy atom. The fourth-order valence-electron chi connectivity index (χ4n) is 2.39. The van der Waals surface area contributed by atoms with Gasteiger partial charge in [-0.1, -0.05) is 23.8 Å². The SMILES string of the molecule is C=CCN(Cc1csc(COc2ccc(C)cc2)n1)C(=O)c1ccco1. The van der Waals surface area contributed by atoms with Crippen molar-refractivity contribution in [3.05, 3.63) is 82.7 Å². The summed E-state index contributed by atoms with van der Waals surface area (Å²) >= 11 is 1.52. The van der Waals surface area contributed by atoms with Gasteiger partial charge in [0, 0.05) is 11.9 Å². The summed E-state index contributed by atoms with van der Waals surface area (Å²) in [4.78, 5) is 18.7. The summed E-state index contributed by atoms with van der Waals surface area (Å²) < 4.78 is 11.0. The minimum Gasteiger partial charge on any atom is -0.486 e. The Morgan fingerprint density at radius 1 is 1.35 bits per heavy atom. The van der Waals surface area contributed by atoms with Crippen LogP contribution in [-0.2, 0) is 13.2 Å². The molecule has 3 rings (SSSR count). The van der Waals surface area contributed by atoms with Gasteiger partial charge in [-0.2, -0.15) is 0 Å². The third kappa shape index (κ3) is 4.61. The number of carbonyl (C=O) groups excluding carboxylic acids is 1. The summed E-state index contributed by atoms with van der Waals surface area (Å²) in [7, 11) is 0. The Hall–Kier alpha value is -2.86. The highest BCUT2D eigenvalue weighted by Gasteiger charge is 2.18. The summed E-state index contributed by atoms with van der Waals surface area (Å²) in [5.41, 5.74) is 2.01. The summed E-state index contributed by atoms with van der Waals surface area (Å²) in [5.74, 6) is 0.944. The molecule has 134 valence electrons.